The minimum absolute atomic E-state index is 0.0720. The van der Waals surface area contributed by atoms with E-state index in [1.54, 1.807) is 9.80 Å². The number of thiophene rings is 1. The summed E-state index contributed by atoms with van der Waals surface area (Å²) >= 11 is 1.50. The number of aliphatic hydroxyl groups excluding tert-OH is 1. The molecule has 0 radical (unpaired) electrons. The smallest absolute Gasteiger partial charge is 0.410 e. The van der Waals surface area contributed by atoms with Crippen LogP contribution in [0.15, 0.2) is 47.8 Å². The molecule has 1 aromatic carbocycles. The molecule has 0 aliphatic carbocycles. The first-order valence-corrected chi connectivity index (χ1v) is 11.0. The predicted octanol–water partition coefficient (Wildman–Crippen LogP) is 3.57. The van der Waals surface area contributed by atoms with Gasteiger partial charge in [0.15, 0.2) is 0 Å². The summed E-state index contributed by atoms with van der Waals surface area (Å²) in [5, 5.41) is 12.7. The second-order valence-electron chi connectivity index (χ2n) is 7.59. The Labute approximate surface area is 174 Å². The van der Waals surface area contributed by atoms with Crippen molar-refractivity contribution in [3.63, 3.8) is 0 Å². The molecule has 2 aliphatic rings. The van der Waals surface area contributed by atoms with Crippen LogP contribution in [0.25, 0.3) is 0 Å². The van der Waals surface area contributed by atoms with Crippen molar-refractivity contribution >= 4 is 23.3 Å². The molecule has 1 aromatic heterocycles. The maximum absolute atomic E-state index is 13.3. The molecule has 7 heteroatoms. The Kier molecular flexibility index (Phi) is 6.16. The molecular weight excluding hydrogens is 388 g/mol. The summed E-state index contributed by atoms with van der Waals surface area (Å²) in [6.07, 6.45) is 1.93. The molecule has 0 spiro atoms. The largest absolute Gasteiger partial charge is 0.445 e. The monoisotopic (exact) mass is 414 g/mol. The molecule has 2 aliphatic heterocycles. The molecule has 2 saturated heterocycles. The summed E-state index contributed by atoms with van der Waals surface area (Å²) in [6, 6.07) is 12.6. The van der Waals surface area contributed by atoms with Crippen LogP contribution >= 0.6 is 11.3 Å². The molecule has 0 saturated carbocycles. The molecule has 2 fully saturated rings. The first-order valence-electron chi connectivity index (χ1n) is 10.1. The minimum Gasteiger partial charge on any atom is -0.445 e. The van der Waals surface area contributed by atoms with Crippen LogP contribution in [-0.2, 0) is 16.1 Å². The zero-order valence-corrected chi connectivity index (χ0v) is 17.1. The molecule has 1 N–H and O–H groups in total. The zero-order valence-electron chi connectivity index (χ0n) is 16.3. The number of carbonyl (C=O) groups excluding carboxylic acids is 2. The molecule has 154 valence electrons. The van der Waals surface area contributed by atoms with Gasteiger partial charge in [-0.25, -0.2) is 4.79 Å². The number of aliphatic hydroxyl groups is 1. The van der Waals surface area contributed by atoms with Crippen LogP contribution in [0.2, 0.25) is 0 Å². The summed E-state index contributed by atoms with van der Waals surface area (Å²) in [4.78, 5) is 30.1. The van der Waals surface area contributed by atoms with Gasteiger partial charge in [-0.1, -0.05) is 36.4 Å². The molecule has 4 rings (SSSR count). The van der Waals surface area contributed by atoms with Crippen LogP contribution in [0, 0.1) is 0 Å². The standard InChI is InChI=1S/C22H26N2O4S/c25-20(19-11-6-14-29-19)17-9-4-12-23(17)21(26)18-10-5-13-24(18)22(27)28-15-16-7-2-1-3-8-16/h1-3,6-8,11,14,17-18,20,25H,4-5,9-10,12-13,15H2/t17-,18-,20?/m0/s1. The van der Waals surface area contributed by atoms with E-state index >= 15 is 0 Å². The summed E-state index contributed by atoms with van der Waals surface area (Å²) < 4.78 is 5.46. The normalized spacial score (nSPS) is 22.7. The van der Waals surface area contributed by atoms with Gasteiger partial charge >= 0.3 is 6.09 Å². The van der Waals surface area contributed by atoms with Crippen molar-refractivity contribution < 1.29 is 19.4 Å². The summed E-state index contributed by atoms with van der Waals surface area (Å²) in [5.41, 5.74) is 0.918. The first kappa shape index (κ1) is 19.9. The van der Waals surface area contributed by atoms with Gasteiger partial charge in [-0.05, 0) is 42.7 Å². The third-order valence-electron chi connectivity index (χ3n) is 5.76. The molecule has 29 heavy (non-hydrogen) atoms. The Bertz CT molecular complexity index is 827. The number of hydrogen-bond acceptors (Lipinski definition) is 5. The van der Waals surface area contributed by atoms with Crippen molar-refractivity contribution in [1.29, 1.82) is 0 Å². The van der Waals surface area contributed by atoms with Crippen LogP contribution in [0.3, 0.4) is 0 Å². The van der Waals surface area contributed by atoms with Gasteiger partial charge in [0.05, 0.1) is 6.04 Å². The minimum atomic E-state index is -0.679. The Morgan fingerprint density at radius 3 is 2.59 bits per heavy atom. The molecule has 3 heterocycles. The third-order valence-corrected chi connectivity index (χ3v) is 6.70. The number of nitrogens with zero attached hydrogens (tertiary/aromatic N) is 2. The number of hydrogen-bond donors (Lipinski definition) is 1. The summed E-state index contributed by atoms with van der Waals surface area (Å²) in [5.74, 6) is -0.0720. The Morgan fingerprint density at radius 1 is 1.07 bits per heavy atom. The van der Waals surface area contributed by atoms with E-state index in [1.807, 2.05) is 47.8 Å². The number of likely N-dealkylation sites (tertiary alicyclic amines) is 2. The summed E-state index contributed by atoms with van der Waals surface area (Å²) in [6.45, 7) is 1.34. The second-order valence-corrected chi connectivity index (χ2v) is 8.57. The molecule has 2 aromatic rings. The molecule has 2 amide bonds. The maximum atomic E-state index is 13.3. The van der Waals surface area contributed by atoms with Crippen LogP contribution in [0.1, 0.15) is 42.2 Å². The highest BCUT2D eigenvalue weighted by molar-refractivity contribution is 7.10. The second kappa shape index (κ2) is 8.97. The van der Waals surface area contributed by atoms with Gasteiger partial charge in [-0.2, -0.15) is 0 Å². The van der Waals surface area contributed by atoms with Crippen molar-refractivity contribution in [2.45, 2.75) is 50.5 Å². The van der Waals surface area contributed by atoms with Crippen molar-refractivity contribution in [1.82, 2.24) is 9.80 Å². The highest BCUT2D eigenvalue weighted by atomic mass is 32.1. The zero-order chi connectivity index (χ0) is 20.2. The van der Waals surface area contributed by atoms with Gasteiger partial charge in [0, 0.05) is 18.0 Å². The maximum Gasteiger partial charge on any atom is 0.410 e. The van der Waals surface area contributed by atoms with E-state index in [0.29, 0.717) is 19.5 Å². The Morgan fingerprint density at radius 2 is 1.83 bits per heavy atom. The molecule has 0 bridgehead atoms. The lowest BCUT2D eigenvalue weighted by atomic mass is 10.1. The fourth-order valence-electron chi connectivity index (χ4n) is 4.28. The molecule has 3 atom stereocenters. The topological polar surface area (TPSA) is 70.1 Å². The Hall–Kier alpha value is -2.38. The fraction of sp³-hybridized carbons (Fsp3) is 0.455. The van der Waals surface area contributed by atoms with Crippen LogP contribution in [0.4, 0.5) is 4.79 Å². The lowest BCUT2D eigenvalue weighted by molar-refractivity contribution is -0.138. The van der Waals surface area contributed by atoms with Gasteiger partial charge in [-0.15, -0.1) is 11.3 Å². The average Bonchev–Trinajstić information content (AvgIpc) is 3.52. The van der Waals surface area contributed by atoms with Crippen molar-refractivity contribution in [3.05, 3.63) is 58.3 Å². The lowest BCUT2D eigenvalue weighted by Crippen LogP contribution is -2.50. The predicted molar refractivity (Wildman–Crippen MR) is 110 cm³/mol. The van der Waals surface area contributed by atoms with Crippen LogP contribution in [-0.4, -0.2) is 52.1 Å². The van der Waals surface area contributed by atoms with E-state index in [4.69, 9.17) is 4.74 Å². The number of amides is 2. The van der Waals surface area contributed by atoms with E-state index in [9.17, 15) is 14.7 Å². The molecular formula is C22H26N2O4S. The van der Waals surface area contributed by atoms with Crippen molar-refractivity contribution in [3.8, 4) is 0 Å². The quantitative estimate of drug-likeness (QED) is 0.812. The van der Waals surface area contributed by atoms with Gasteiger partial charge in [-0.3, -0.25) is 9.69 Å². The SMILES string of the molecule is O=C(OCc1ccccc1)N1CCC[C@H]1C(=O)N1CCC[C@H]1C(O)c1cccs1. The van der Waals surface area contributed by atoms with Crippen molar-refractivity contribution in [2.75, 3.05) is 13.1 Å². The van der Waals surface area contributed by atoms with E-state index in [1.165, 1.54) is 11.3 Å². The average molecular weight is 415 g/mol. The van der Waals surface area contributed by atoms with E-state index in [-0.39, 0.29) is 18.6 Å². The number of carbonyl (C=O) groups is 2. The summed E-state index contributed by atoms with van der Waals surface area (Å²) in [7, 11) is 0. The van der Waals surface area contributed by atoms with Crippen LogP contribution < -0.4 is 0 Å². The fourth-order valence-corrected chi connectivity index (χ4v) is 5.05. The Balaban J connectivity index is 1.41. The van der Waals surface area contributed by atoms with E-state index in [0.717, 1.165) is 29.7 Å². The van der Waals surface area contributed by atoms with Gasteiger partial charge < -0.3 is 14.7 Å². The molecule has 6 nitrogen and oxygen atoms in total. The number of rotatable bonds is 5. The number of benzene rings is 1. The highest BCUT2D eigenvalue weighted by Gasteiger charge is 2.42. The first-order chi connectivity index (χ1) is 14.1. The van der Waals surface area contributed by atoms with Gasteiger partial charge in [0.1, 0.15) is 18.8 Å². The van der Waals surface area contributed by atoms with Crippen LogP contribution in [0.5, 0.6) is 0 Å². The molecule has 1 unspecified atom stereocenters. The van der Waals surface area contributed by atoms with E-state index < -0.39 is 18.2 Å². The lowest BCUT2D eigenvalue weighted by Gasteiger charge is -2.33. The third kappa shape index (κ3) is 4.31. The number of ether oxygens (including phenoxy) is 1. The van der Waals surface area contributed by atoms with E-state index in [2.05, 4.69) is 0 Å². The highest BCUT2D eigenvalue weighted by Crippen LogP contribution is 2.33. The van der Waals surface area contributed by atoms with Gasteiger partial charge in [0.2, 0.25) is 5.91 Å². The van der Waals surface area contributed by atoms with Crippen molar-refractivity contribution in [2.24, 2.45) is 0 Å². The van der Waals surface area contributed by atoms with Gasteiger partial charge in [0.25, 0.3) is 0 Å².